The first-order valence-corrected chi connectivity index (χ1v) is 8.83. The number of esters is 1. The summed E-state index contributed by atoms with van der Waals surface area (Å²) in [4.78, 5) is 15.9. The molecule has 0 radical (unpaired) electrons. The lowest BCUT2D eigenvalue weighted by Crippen LogP contribution is -2.34. The Hall–Kier alpha value is -0.750. The number of carbonyl (C=O) groups excluding carboxylic acids is 1. The predicted molar refractivity (Wildman–Crippen MR) is 81.3 cm³/mol. The summed E-state index contributed by atoms with van der Waals surface area (Å²) < 4.78 is 5.03. The van der Waals surface area contributed by atoms with E-state index in [0.29, 0.717) is 23.6 Å². The van der Waals surface area contributed by atoms with Crippen LogP contribution in [0.5, 0.6) is 0 Å². The van der Waals surface area contributed by atoms with E-state index < -0.39 is 0 Å². The van der Waals surface area contributed by atoms with Gasteiger partial charge < -0.3 is 10.1 Å². The fourth-order valence-electron chi connectivity index (χ4n) is 2.41. The molecule has 19 heavy (non-hydrogen) atoms. The zero-order valence-electron chi connectivity index (χ0n) is 11.3. The summed E-state index contributed by atoms with van der Waals surface area (Å²) in [6.07, 6.45) is 7.11. The van der Waals surface area contributed by atoms with Crippen LogP contribution >= 0.6 is 23.1 Å². The molecule has 6 heteroatoms. The number of aromatic nitrogens is 1. The first-order chi connectivity index (χ1) is 9.26. The van der Waals surface area contributed by atoms with Gasteiger partial charge >= 0.3 is 5.97 Å². The molecule has 1 aromatic heterocycles. The van der Waals surface area contributed by atoms with Gasteiger partial charge in [0.1, 0.15) is 5.00 Å². The van der Waals surface area contributed by atoms with Gasteiger partial charge in [0.05, 0.1) is 12.1 Å². The van der Waals surface area contributed by atoms with Crippen molar-refractivity contribution >= 4 is 34.1 Å². The van der Waals surface area contributed by atoms with Gasteiger partial charge in [-0.25, -0.2) is 9.78 Å². The van der Waals surface area contributed by atoms with Crippen LogP contribution in [0, 0.1) is 0 Å². The van der Waals surface area contributed by atoms with E-state index in [1.807, 2.05) is 18.7 Å². The summed E-state index contributed by atoms with van der Waals surface area (Å²) in [5, 5.41) is 4.97. The number of anilines is 1. The molecular formula is C13H20N2O2S2. The largest absolute Gasteiger partial charge is 0.461 e. The summed E-state index contributed by atoms with van der Waals surface area (Å²) in [6, 6.07) is 0.428. The normalized spacial score (nSPS) is 23.1. The fraction of sp³-hybridized carbons (Fsp3) is 0.692. The van der Waals surface area contributed by atoms with Crippen molar-refractivity contribution in [3.63, 3.8) is 0 Å². The molecule has 0 amide bonds. The molecule has 1 aliphatic rings. The molecule has 2 atom stereocenters. The van der Waals surface area contributed by atoms with Crippen LogP contribution in [0.2, 0.25) is 0 Å². The van der Waals surface area contributed by atoms with Crippen LogP contribution in [0.3, 0.4) is 0 Å². The number of thiazole rings is 1. The fourth-order valence-corrected chi connectivity index (χ4v) is 4.07. The highest BCUT2D eigenvalue weighted by Crippen LogP contribution is 2.31. The molecule has 1 heterocycles. The van der Waals surface area contributed by atoms with E-state index in [1.165, 1.54) is 30.6 Å². The average molecular weight is 300 g/mol. The van der Waals surface area contributed by atoms with Crippen molar-refractivity contribution in [3.8, 4) is 0 Å². The van der Waals surface area contributed by atoms with Crippen LogP contribution in [0.25, 0.3) is 0 Å². The lowest BCUT2D eigenvalue weighted by atomic mass is 9.95. The molecule has 1 aromatic rings. The molecule has 0 bridgehead atoms. The smallest absolute Gasteiger partial charge is 0.360 e. The average Bonchev–Trinajstić information content (AvgIpc) is 2.88. The molecular weight excluding hydrogens is 280 g/mol. The number of thioether (sulfide) groups is 1. The van der Waals surface area contributed by atoms with Crippen LogP contribution < -0.4 is 5.32 Å². The molecule has 106 valence electrons. The van der Waals surface area contributed by atoms with E-state index in [9.17, 15) is 4.79 Å². The number of nitrogens with one attached hydrogen (secondary N) is 1. The number of hydrogen-bond donors (Lipinski definition) is 1. The zero-order chi connectivity index (χ0) is 13.7. The van der Waals surface area contributed by atoms with Crippen molar-refractivity contribution in [2.75, 3.05) is 18.2 Å². The summed E-state index contributed by atoms with van der Waals surface area (Å²) >= 11 is 3.38. The highest BCUT2D eigenvalue weighted by molar-refractivity contribution is 7.99. The molecule has 0 aliphatic heterocycles. The Morgan fingerprint density at radius 2 is 2.37 bits per heavy atom. The maximum atomic E-state index is 11.8. The molecule has 1 fully saturated rings. The minimum Gasteiger partial charge on any atom is -0.461 e. The Bertz CT molecular complexity index is 423. The number of rotatable bonds is 5. The van der Waals surface area contributed by atoms with Gasteiger partial charge in [-0.1, -0.05) is 12.8 Å². The van der Waals surface area contributed by atoms with E-state index in [1.54, 1.807) is 5.51 Å². The first-order valence-electron chi connectivity index (χ1n) is 6.66. The topological polar surface area (TPSA) is 51.2 Å². The number of carbonyl (C=O) groups is 1. The Balaban J connectivity index is 2.06. The van der Waals surface area contributed by atoms with Crippen molar-refractivity contribution in [2.24, 2.45) is 0 Å². The van der Waals surface area contributed by atoms with Crippen LogP contribution in [-0.4, -0.2) is 35.1 Å². The lowest BCUT2D eigenvalue weighted by molar-refractivity contribution is 0.0521. The Morgan fingerprint density at radius 1 is 1.58 bits per heavy atom. The van der Waals surface area contributed by atoms with E-state index >= 15 is 0 Å². The quantitative estimate of drug-likeness (QED) is 0.845. The summed E-state index contributed by atoms with van der Waals surface area (Å²) in [5.74, 6) is -0.331. The molecule has 0 saturated heterocycles. The Morgan fingerprint density at radius 3 is 3.11 bits per heavy atom. The van der Waals surface area contributed by atoms with Crippen LogP contribution in [0.15, 0.2) is 5.51 Å². The second-order valence-electron chi connectivity index (χ2n) is 4.56. The van der Waals surface area contributed by atoms with Gasteiger partial charge in [0, 0.05) is 11.3 Å². The monoisotopic (exact) mass is 300 g/mol. The van der Waals surface area contributed by atoms with Crippen molar-refractivity contribution in [2.45, 2.75) is 43.9 Å². The van der Waals surface area contributed by atoms with E-state index in [-0.39, 0.29) is 5.97 Å². The van der Waals surface area contributed by atoms with E-state index in [4.69, 9.17) is 4.74 Å². The van der Waals surface area contributed by atoms with Gasteiger partial charge in [-0.05, 0) is 26.0 Å². The molecule has 1 aliphatic carbocycles. The number of nitrogens with zero attached hydrogens (tertiary/aromatic N) is 1. The highest BCUT2D eigenvalue weighted by atomic mass is 32.2. The number of ether oxygens (including phenoxy) is 1. The third kappa shape index (κ3) is 3.63. The van der Waals surface area contributed by atoms with E-state index in [2.05, 4.69) is 16.6 Å². The van der Waals surface area contributed by atoms with Gasteiger partial charge in [0.15, 0.2) is 5.69 Å². The van der Waals surface area contributed by atoms with Crippen LogP contribution in [-0.2, 0) is 4.74 Å². The maximum absolute atomic E-state index is 11.8. The van der Waals surface area contributed by atoms with Gasteiger partial charge in [-0.2, -0.15) is 11.8 Å². The standard InChI is InChI=1S/C13H20N2O2S2/c1-3-17-13(16)11-12(19-8-14-11)15-9-6-4-5-7-10(9)18-2/h8-10,15H,3-7H2,1-2H3. The van der Waals surface area contributed by atoms with Crippen LogP contribution in [0.1, 0.15) is 43.1 Å². The molecule has 0 aromatic carbocycles. The Labute approximate surface area is 122 Å². The van der Waals surface area contributed by atoms with Gasteiger partial charge in [0.25, 0.3) is 0 Å². The second kappa shape index (κ2) is 7.14. The van der Waals surface area contributed by atoms with Crippen molar-refractivity contribution < 1.29 is 9.53 Å². The van der Waals surface area contributed by atoms with Crippen LogP contribution in [0.4, 0.5) is 5.00 Å². The van der Waals surface area contributed by atoms with Crippen molar-refractivity contribution in [3.05, 3.63) is 11.2 Å². The molecule has 0 spiro atoms. The molecule has 1 saturated carbocycles. The SMILES string of the molecule is CCOC(=O)c1ncsc1NC1CCCCC1SC. The summed E-state index contributed by atoms with van der Waals surface area (Å²) in [7, 11) is 0. The van der Waals surface area contributed by atoms with Gasteiger partial charge in [-0.3, -0.25) is 0 Å². The van der Waals surface area contributed by atoms with Gasteiger partial charge in [0.2, 0.25) is 0 Å². The minimum atomic E-state index is -0.331. The molecule has 4 nitrogen and oxygen atoms in total. The summed E-state index contributed by atoms with van der Waals surface area (Å²) in [5.41, 5.74) is 2.13. The minimum absolute atomic E-state index is 0.331. The molecule has 2 rings (SSSR count). The molecule has 2 unspecified atom stereocenters. The first kappa shape index (κ1) is 14.7. The van der Waals surface area contributed by atoms with E-state index in [0.717, 1.165) is 11.4 Å². The zero-order valence-corrected chi connectivity index (χ0v) is 13.0. The second-order valence-corrected chi connectivity index (χ2v) is 6.49. The van der Waals surface area contributed by atoms with Crippen molar-refractivity contribution in [1.29, 1.82) is 0 Å². The van der Waals surface area contributed by atoms with Crippen molar-refractivity contribution in [1.82, 2.24) is 4.98 Å². The lowest BCUT2D eigenvalue weighted by Gasteiger charge is -2.31. The Kier molecular flexibility index (Phi) is 5.51. The van der Waals surface area contributed by atoms with Gasteiger partial charge in [-0.15, -0.1) is 11.3 Å². The summed E-state index contributed by atoms with van der Waals surface area (Å²) in [6.45, 7) is 2.19. The highest BCUT2D eigenvalue weighted by Gasteiger charge is 2.26. The third-order valence-corrected chi connectivity index (χ3v) is 5.29. The molecule has 1 N–H and O–H groups in total. The number of hydrogen-bond acceptors (Lipinski definition) is 6. The third-order valence-electron chi connectivity index (χ3n) is 3.36. The predicted octanol–water partition coefficient (Wildman–Crippen LogP) is 3.41. The maximum Gasteiger partial charge on any atom is 0.360 e.